The Morgan fingerprint density at radius 3 is 3.00 bits per heavy atom. The summed E-state index contributed by atoms with van der Waals surface area (Å²) in [7, 11) is 2.08. The molecule has 132 valence electrons. The summed E-state index contributed by atoms with van der Waals surface area (Å²) < 4.78 is 12.0. The molecule has 1 spiro atoms. The number of aliphatic hydroxyl groups excluding tert-OH is 1. The number of aliphatic hydroxyl groups is 1. The fraction of sp³-hybridized carbons (Fsp3) is 0.550. The van der Waals surface area contributed by atoms with Gasteiger partial charge in [0.15, 0.2) is 11.5 Å². The first-order valence-corrected chi connectivity index (χ1v) is 9.23. The molecule has 0 amide bonds. The van der Waals surface area contributed by atoms with Crippen LogP contribution in [0.15, 0.2) is 24.3 Å². The summed E-state index contributed by atoms with van der Waals surface area (Å²) in [5, 5.41) is 10.0. The zero-order valence-electron chi connectivity index (χ0n) is 14.4. The maximum atomic E-state index is 12.3. The minimum Gasteiger partial charge on any atom is -0.485 e. The van der Waals surface area contributed by atoms with E-state index in [1.165, 1.54) is 0 Å². The summed E-state index contributed by atoms with van der Waals surface area (Å²) in [6.07, 6.45) is 7.89. The lowest BCUT2D eigenvalue weighted by Gasteiger charge is -2.42. The first kappa shape index (κ1) is 15.3. The second-order valence-corrected chi connectivity index (χ2v) is 7.82. The van der Waals surface area contributed by atoms with E-state index in [0.717, 1.165) is 43.5 Å². The van der Waals surface area contributed by atoms with Crippen LogP contribution in [-0.2, 0) is 10.2 Å². The van der Waals surface area contributed by atoms with Crippen LogP contribution in [0.4, 0.5) is 5.69 Å². The van der Waals surface area contributed by atoms with E-state index in [1.54, 1.807) is 0 Å². The molecule has 1 aromatic carbocycles. The largest absolute Gasteiger partial charge is 0.485 e. The van der Waals surface area contributed by atoms with Gasteiger partial charge in [0.2, 0.25) is 0 Å². The van der Waals surface area contributed by atoms with Gasteiger partial charge >= 0.3 is 5.97 Å². The molecule has 2 aliphatic carbocycles. The van der Waals surface area contributed by atoms with Gasteiger partial charge in [-0.25, -0.2) is 0 Å². The Hall–Kier alpha value is -2.01. The number of hydrogen-bond donors (Lipinski definition) is 1. The van der Waals surface area contributed by atoms with Crippen molar-refractivity contribution in [1.82, 2.24) is 0 Å². The summed E-state index contributed by atoms with van der Waals surface area (Å²) >= 11 is 0. The van der Waals surface area contributed by atoms with E-state index in [2.05, 4.69) is 18.0 Å². The highest BCUT2D eigenvalue weighted by Crippen LogP contribution is 2.58. The number of rotatable bonds is 2. The number of benzene rings is 1. The molecule has 0 bridgehead atoms. The van der Waals surface area contributed by atoms with Gasteiger partial charge in [0.25, 0.3) is 0 Å². The van der Waals surface area contributed by atoms with Gasteiger partial charge in [-0.2, -0.15) is 0 Å². The van der Waals surface area contributed by atoms with Crippen LogP contribution in [0.2, 0.25) is 0 Å². The molecule has 1 saturated carbocycles. The molecule has 1 fully saturated rings. The predicted molar refractivity (Wildman–Crippen MR) is 93.2 cm³/mol. The molecule has 1 N–H and O–H groups in total. The highest BCUT2D eigenvalue weighted by Gasteiger charge is 2.54. The van der Waals surface area contributed by atoms with Crippen molar-refractivity contribution < 1.29 is 19.4 Å². The highest BCUT2D eigenvalue weighted by atomic mass is 16.6. The number of hydrogen-bond acceptors (Lipinski definition) is 5. The summed E-state index contributed by atoms with van der Waals surface area (Å²) in [6.45, 7) is 0.938. The lowest BCUT2D eigenvalue weighted by atomic mass is 9.67. The van der Waals surface area contributed by atoms with Gasteiger partial charge in [0.05, 0.1) is 17.4 Å². The highest BCUT2D eigenvalue weighted by molar-refractivity contribution is 5.79. The van der Waals surface area contributed by atoms with E-state index in [9.17, 15) is 9.90 Å². The predicted octanol–water partition coefficient (Wildman–Crippen LogP) is 2.55. The average molecular weight is 341 g/mol. The maximum Gasteiger partial charge on any atom is 0.314 e. The van der Waals surface area contributed by atoms with E-state index in [1.807, 2.05) is 18.2 Å². The van der Waals surface area contributed by atoms with E-state index >= 15 is 0 Å². The van der Waals surface area contributed by atoms with Crippen molar-refractivity contribution in [2.45, 2.75) is 49.7 Å². The summed E-state index contributed by atoms with van der Waals surface area (Å²) in [4.78, 5) is 14.6. The van der Waals surface area contributed by atoms with Crippen LogP contribution >= 0.6 is 0 Å². The van der Waals surface area contributed by atoms with Gasteiger partial charge in [-0.05, 0) is 31.4 Å². The van der Waals surface area contributed by atoms with Crippen molar-refractivity contribution in [2.24, 2.45) is 5.92 Å². The normalized spacial score (nSPS) is 32.5. The number of carbonyl (C=O) groups excluding carboxylic acids is 1. The summed E-state index contributed by atoms with van der Waals surface area (Å²) in [5.41, 5.74) is 2.04. The van der Waals surface area contributed by atoms with Crippen molar-refractivity contribution in [3.63, 3.8) is 0 Å². The molecular weight excluding hydrogens is 318 g/mol. The Bertz CT molecular complexity index is 769. The van der Waals surface area contributed by atoms with Gasteiger partial charge in [0.1, 0.15) is 6.10 Å². The number of carbonyl (C=O) groups is 1. The molecule has 1 unspecified atom stereocenters. The molecule has 5 rings (SSSR count). The lowest BCUT2D eigenvalue weighted by molar-refractivity contribution is -0.141. The van der Waals surface area contributed by atoms with E-state index in [-0.39, 0.29) is 23.4 Å². The third kappa shape index (κ3) is 2.08. The van der Waals surface area contributed by atoms with Gasteiger partial charge in [0, 0.05) is 31.3 Å². The fourth-order valence-corrected chi connectivity index (χ4v) is 4.63. The number of anilines is 1. The Kier molecular flexibility index (Phi) is 3.20. The molecule has 5 heteroatoms. The molecule has 1 aromatic rings. The third-order valence-electron chi connectivity index (χ3n) is 6.39. The topological polar surface area (TPSA) is 59.0 Å². The second-order valence-electron chi connectivity index (χ2n) is 7.82. The molecule has 0 radical (unpaired) electrons. The molecule has 2 heterocycles. The van der Waals surface area contributed by atoms with Crippen molar-refractivity contribution in [1.29, 1.82) is 0 Å². The quantitative estimate of drug-likeness (QED) is 0.509. The molecule has 0 aromatic heterocycles. The summed E-state index contributed by atoms with van der Waals surface area (Å²) in [5.74, 6) is 1.11. The number of esters is 1. The zero-order chi connectivity index (χ0) is 17.2. The molecular formula is C20H23NO4. The van der Waals surface area contributed by atoms with E-state index in [0.29, 0.717) is 17.9 Å². The Balaban J connectivity index is 1.59. The minimum absolute atomic E-state index is 0.0327. The van der Waals surface area contributed by atoms with Gasteiger partial charge in [-0.1, -0.05) is 18.6 Å². The van der Waals surface area contributed by atoms with Crippen LogP contribution < -0.4 is 14.4 Å². The standard InChI is InChI=1S/C20H23NO4/c1-21-10-9-20-8-7-13(22)11-16(20)25-18-15(6-5-14(21)17(18)20)24-19(23)12-3-2-4-12/h5-8,12-13,16,22H,2-4,9-11H2,1H3/t13-,16?,20-/m0/s1. The van der Waals surface area contributed by atoms with E-state index in [4.69, 9.17) is 9.47 Å². The second kappa shape index (κ2) is 5.24. The van der Waals surface area contributed by atoms with Crippen molar-refractivity contribution in [3.8, 4) is 11.5 Å². The van der Waals surface area contributed by atoms with Crippen LogP contribution in [0.1, 0.15) is 37.7 Å². The molecule has 5 nitrogen and oxygen atoms in total. The Labute approximate surface area is 147 Å². The van der Waals surface area contributed by atoms with Crippen LogP contribution in [0.25, 0.3) is 0 Å². The first-order valence-electron chi connectivity index (χ1n) is 9.23. The molecule has 4 aliphatic rings. The molecule has 2 aliphatic heterocycles. The fourth-order valence-electron chi connectivity index (χ4n) is 4.63. The number of nitrogens with zero attached hydrogens (tertiary/aromatic N) is 1. The number of ether oxygens (including phenoxy) is 2. The lowest BCUT2D eigenvalue weighted by Crippen LogP contribution is -2.46. The Morgan fingerprint density at radius 2 is 2.24 bits per heavy atom. The SMILES string of the molecule is CN1CC[C@@]23C=C[C@H](O)CC2Oc2c(OC(=O)C4CCC4)ccc1c23. The van der Waals surface area contributed by atoms with Crippen molar-refractivity contribution >= 4 is 11.7 Å². The third-order valence-corrected chi connectivity index (χ3v) is 6.39. The van der Waals surface area contributed by atoms with Crippen LogP contribution in [-0.4, -0.2) is 36.9 Å². The maximum absolute atomic E-state index is 12.3. The van der Waals surface area contributed by atoms with Crippen LogP contribution in [0.3, 0.4) is 0 Å². The monoisotopic (exact) mass is 341 g/mol. The van der Waals surface area contributed by atoms with Crippen molar-refractivity contribution in [2.75, 3.05) is 18.5 Å². The Morgan fingerprint density at radius 1 is 1.40 bits per heavy atom. The van der Waals surface area contributed by atoms with E-state index < -0.39 is 6.10 Å². The zero-order valence-corrected chi connectivity index (χ0v) is 14.4. The average Bonchev–Trinajstić information content (AvgIpc) is 2.87. The molecule has 0 saturated heterocycles. The van der Waals surface area contributed by atoms with Gasteiger partial charge in [-0.3, -0.25) is 4.79 Å². The van der Waals surface area contributed by atoms with Gasteiger partial charge in [-0.15, -0.1) is 0 Å². The van der Waals surface area contributed by atoms with Crippen LogP contribution in [0.5, 0.6) is 11.5 Å². The van der Waals surface area contributed by atoms with Crippen LogP contribution in [0, 0.1) is 5.92 Å². The summed E-state index contributed by atoms with van der Waals surface area (Å²) in [6, 6.07) is 3.89. The minimum atomic E-state index is -0.478. The van der Waals surface area contributed by atoms with Crippen molar-refractivity contribution in [3.05, 3.63) is 29.8 Å². The molecule has 3 atom stereocenters. The first-order chi connectivity index (χ1) is 12.1. The van der Waals surface area contributed by atoms with Gasteiger partial charge < -0.3 is 19.5 Å². The molecule has 25 heavy (non-hydrogen) atoms. The smallest absolute Gasteiger partial charge is 0.314 e.